The molecule has 1 N–H and O–H groups in total. The first-order valence-corrected chi connectivity index (χ1v) is 11.3. The minimum atomic E-state index is -4.46. The smallest absolute Gasteiger partial charge is 0.330 e. The first-order chi connectivity index (χ1) is 18.1. The lowest BCUT2D eigenvalue weighted by molar-refractivity contribution is -0.197. The fourth-order valence-corrected chi connectivity index (χ4v) is 3.43. The maximum Gasteiger partial charge on any atom is 0.416 e. The summed E-state index contributed by atoms with van der Waals surface area (Å²) in [6, 6.07) is 10.8. The topological polar surface area (TPSA) is 144 Å². The molecule has 14 heteroatoms. The van der Waals surface area contributed by atoms with E-state index in [1.54, 1.807) is 24.3 Å². The highest BCUT2D eigenvalue weighted by molar-refractivity contribution is 6.01. The van der Waals surface area contributed by atoms with E-state index in [4.69, 9.17) is 4.84 Å². The van der Waals surface area contributed by atoms with Crippen molar-refractivity contribution < 1.29 is 37.2 Å². The maximum atomic E-state index is 12.7. The molecule has 2 aromatic carbocycles. The second-order valence-corrected chi connectivity index (χ2v) is 8.15. The van der Waals surface area contributed by atoms with Crippen LogP contribution in [0, 0.1) is 0 Å². The molecule has 1 aromatic heterocycles. The molecule has 0 radical (unpaired) electrons. The van der Waals surface area contributed by atoms with Gasteiger partial charge in [0, 0.05) is 42.5 Å². The minimum Gasteiger partial charge on any atom is -0.330 e. The van der Waals surface area contributed by atoms with Crippen LogP contribution >= 0.6 is 0 Å². The number of nitrogens with zero attached hydrogens (tertiary/aromatic N) is 5. The fourth-order valence-electron chi connectivity index (χ4n) is 3.43. The van der Waals surface area contributed by atoms with Gasteiger partial charge in [-0.3, -0.25) is 14.4 Å². The van der Waals surface area contributed by atoms with Crippen LogP contribution in [0.3, 0.4) is 0 Å². The number of hydrogen-bond acceptors (Lipinski definition) is 9. The number of hydroxylamine groups is 2. The Bertz CT molecular complexity index is 1350. The number of nitrogens with one attached hydrogen (secondary N) is 1. The second-order valence-electron chi connectivity index (χ2n) is 8.15. The van der Waals surface area contributed by atoms with E-state index in [0.29, 0.717) is 21.9 Å². The van der Waals surface area contributed by atoms with Crippen LogP contribution in [0.15, 0.2) is 48.5 Å². The Balaban J connectivity index is 1.30. The molecular weight excluding hydrogens is 509 g/mol. The van der Waals surface area contributed by atoms with Gasteiger partial charge in [-0.05, 0) is 30.7 Å². The largest absolute Gasteiger partial charge is 0.416 e. The summed E-state index contributed by atoms with van der Waals surface area (Å²) in [5.41, 5.74) is 0.407. The van der Waals surface area contributed by atoms with Crippen molar-refractivity contribution in [3.63, 3.8) is 0 Å². The van der Waals surface area contributed by atoms with E-state index in [0.717, 1.165) is 12.1 Å². The summed E-state index contributed by atoms with van der Waals surface area (Å²) in [6.45, 7) is 0. The molecule has 0 saturated carbocycles. The number of carbonyl (C=O) groups excluding carboxylic acids is 4. The van der Waals surface area contributed by atoms with E-state index >= 15 is 0 Å². The van der Waals surface area contributed by atoms with Crippen LogP contribution in [0.1, 0.15) is 37.7 Å². The lowest BCUT2D eigenvalue weighted by atomic mass is 10.1. The summed E-state index contributed by atoms with van der Waals surface area (Å²) in [5.74, 6) is -2.16. The molecule has 2 heterocycles. The predicted octanol–water partition coefficient (Wildman–Crippen LogP) is 3.34. The Morgan fingerprint density at radius 3 is 2.08 bits per heavy atom. The van der Waals surface area contributed by atoms with E-state index in [-0.39, 0.29) is 43.8 Å². The molecule has 1 aliphatic rings. The van der Waals surface area contributed by atoms with Gasteiger partial charge in [0.05, 0.1) is 5.56 Å². The molecule has 11 nitrogen and oxygen atoms in total. The van der Waals surface area contributed by atoms with Gasteiger partial charge in [0.25, 0.3) is 11.8 Å². The molecule has 0 unspecified atom stereocenters. The third kappa shape index (κ3) is 6.52. The number of halogens is 3. The summed E-state index contributed by atoms with van der Waals surface area (Å²) in [7, 11) is 0. The van der Waals surface area contributed by atoms with Gasteiger partial charge in [0.1, 0.15) is 0 Å². The van der Waals surface area contributed by atoms with E-state index < -0.39 is 35.4 Å². The van der Waals surface area contributed by atoms with Crippen LogP contribution in [0.2, 0.25) is 0 Å². The fraction of sp³-hybridized carbons (Fsp3) is 0.250. The van der Waals surface area contributed by atoms with Crippen LogP contribution in [-0.2, 0) is 30.2 Å². The molecule has 1 saturated heterocycles. The number of hydrogen-bond donors (Lipinski definition) is 1. The van der Waals surface area contributed by atoms with Gasteiger partial charge >= 0.3 is 12.1 Å². The van der Waals surface area contributed by atoms with Crippen molar-refractivity contribution in [2.24, 2.45) is 0 Å². The Morgan fingerprint density at radius 2 is 1.47 bits per heavy atom. The number of amides is 3. The number of imide groups is 1. The average molecular weight is 528 g/mol. The van der Waals surface area contributed by atoms with Gasteiger partial charge < -0.3 is 10.2 Å². The third-order valence-corrected chi connectivity index (χ3v) is 5.34. The molecule has 0 atom stereocenters. The van der Waals surface area contributed by atoms with Crippen molar-refractivity contribution >= 4 is 29.4 Å². The number of rotatable bonds is 8. The average Bonchev–Trinajstić information content (AvgIpc) is 3.20. The van der Waals surface area contributed by atoms with Crippen LogP contribution in [0.25, 0.3) is 22.8 Å². The molecule has 0 bridgehead atoms. The standard InChI is InChI=1S/C24H19F3N6O5/c25-24(26,27)16-9-7-14(8-10-16)22-29-31-23(32-30-22)15-3-1-4-17(13-15)28-18(34)5-2-6-21(37)38-33-19(35)11-12-20(33)36/h1,3-4,7-10,13H,2,5-6,11-12H2,(H,28,34). The van der Waals surface area contributed by atoms with Crippen LogP contribution in [-0.4, -0.2) is 49.1 Å². The lowest BCUT2D eigenvalue weighted by Gasteiger charge is -2.12. The number of aromatic nitrogens is 4. The zero-order valence-electron chi connectivity index (χ0n) is 19.6. The molecular formula is C24H19F3N6O5. The van der Waals surface area contributed by atoms with E-state index in [1.807, 2.05) is 0 Å². The Hall–Kier alpha value is -4.75. The van der Waals surface area contributed by atoms with Crippen molar-refractivity contribution in [3.05, 3.63) is 54.1 Å². The van der Waals surface area contributed by atoms with Crippen LogP contribution in [0.4, 0.5) is 18.9 Å². The lowest BCUT2D eigenvalue weighted by Crippen LogP contribution is -2.32. The molecule has 1 aliphatic heterocycles. The molecule has 38 heavy (non-hydrogen) atoms. The van der Waals surface area contributed by atoms with Gasteiger partial charge in [-0.15, -0.1) is 25.5 Å². The van der Waals surface area contributed by atoms with E-state index in [9.17, 15) is 32.3 Å². The Labute approximate surface area is 213 Å². The highest BCUT2D eigenvalue weighted by Gasteiger charge is 2.32. The van der Waals surface area contributed by atoms with Crippen molar-refractivity contribution in [2.45, 2.75) is 38.3 Å². The summed E-state index contributed by atoms with van der Waals surface area (Å²) in [5, 5.41) is 18.9. The normalized spacial score (nSPS) is 13.5. The van der Waals surface area contributed by atoms with Crippen LogP contribution in [0.5, 0.6) is 0 Å². The Kier molecular flexibility index (Phi) is 7.69. The summed E-state index contributed by atoms with van der Waals surface area (Å²) >= 11 is 0. The quantitative estimate of drug-likeness (QED) is 0.435. The molecule has 3 amide bonds. The van der Waals surface area contributed by atoms with Crippen molar-refractivity contribution in [3.8, 4) is 22.8 Å². The minimum absolute atomic E-state index is 0.00591. The molecule has 0 spiro atoms. The predicted molar refractivity (Wildman–Crippen MR) is 123 cm³/mol. The molecule has 1 fully saturated rings. The van der Waals surface area contributed by atoms with Gasteiger partial charge in [0.15, 0.2) is 0 Å². The first-order valence-electron chi connectivity index (χ1n) is 11.3. The molecule has 196 valence electrons. The van der Waals surface area contributed by atoms with Crippen molar-refractivity contribution in [2.75, 3.05) is 5.32 Å². The number of benzene rings is 2. The number of carbonyl (C=O) groups is 4. The second kappa shape index (κ2) is 11.1. The van der Waals surface area contributed by atoms with Crippen molar-refractivity contribution in [1.29, 1.82) is 0 Å². The third-order valence-electron chi connectivity index (χ3n) is 5.34. The van der Waals surface area contributed by atoms with Gasteiger partial charge in [-0.1, -0.05) is 24.3 Å². The summed E-state index contributed by atoms with van der Waals surface area (Å²) in [4.78, 5) is 51.8. The highest BCUT2D eigenvalue weighted by atomic mass is 19.4. The number of anilines is 1. The molecule has 3 aromatic rings. The SMILES string of the molecule is O=C(CCCC(=O)ON1C(=O)CCC1=O)Nc1cccc(-c2nnc(-c3ccc(C(F)(F)F)cc3)nn2)c1. The van der Waals surface area contributed by atoms with Gasteiger partial charge in [0.2, 0.25) is 17.6 Å². The maximum absolute atomic E-state index is 12.7. The summed E-state index contributed by atoms with van der Waals surface area (Å²) in [6.07, 6.45) is -4.53. The molecule has 4 rings (SSSR count). The first kappa shape index (κ1) is 26.3. The van der Waals surface area contributed by atoms with E-state index in [2.05, 4.69) is 25.7 Å². The summed E-state index contributed by atoms with van der Waals surface area (Å²) < 4.78 is 38.2. The molecule has 0 aliphatic carbocycles. The van der Waals surface area contributed by atoms with Gasteiger partial charge in [-0.2, -0.15) is 13.2 Å². The zero-order valence-corrected chi connectivity index (χ0v) is 19.6. The van der Waals surface area contributed by atoms with Gasteiger partial charge in [-0.25, -0.2) is 4.79 Å². The zero-order chi connectivity index (χ0) is 27.3. The van der Waals surface area contributed by atoms with Crippen LogP contribution < -0.4 is 5.32 Å². The Morgan fingerprint density at radius 1 is 0.868 bits per heavy atom. The number of alkyl halides is 3. The highest BCUT2D eigenvalue weighted by Crippen LogP contribution is 2.30. The van der Waals surface area contributed by atoms with E-state index in [1.165, 1.54) is 12.1 Å². The monoisotopic (exact) mass is 528 g/mol. The van der Waals surface area contributed by atoms with Crippen molar-refractivity contribution in [1.82, 2.24) is 25.5 Å².